The Morgan fingerprint density at radius 1 is 0.364 bits per heavy atom. The number of nitrogens with zero attached hydrogens (tertiary/aromatic N) is 4. The molecule has 0 N–H and O–H groups in total. The fraction of sp³-hybridized carbons (Fsp3) is 0. The van der Waals surface area contributed by atoms with Crippen LogP contribution in [0.3, 0.4) is 0 Å². The summed E-state index contributed by atoms with van der Waals surface area (Å²) in [6.45, 7) is 0. The Hall–Kier alpha value is -7.43. The zero-order valence-corrected chi connectivity index (χ0v) is 29.9. The zero-order valence-electron chi connectivity index (χ0n) is 29.9. The second-order valence-electron chi connectivity index (χ2n) is 13.7. The first-order chi connectivity index (χ1) is 27.3. The Kier molecular flexibility index (Phi) is 8.12. The highest BCUT2D eigenvalue weighted by Gasteiger charge is 2.21. The van der Waals surface area contributed by atoms with Gasteiger partial charge in [-0.25, -0.2) is 14.6 Å². The summed E-state index contributed by atoms with van der Waals surface area (Å²) >= 11 is 0. The first-order valence-corrected chi connectivity index (χ1v) is 18.5. The summed E-state index contributed by atoms with van der Waals surface area (Å²) < 4.78 is 2.11. The maximum absolute atomic E-state index is 5.33. The van der Waals surface area contributed by atoms with Gasteiger partial charge in [0.25, 0.3) is 0 Å². The summed E-state index contributed by atoms with van der Waals surface area (Å²) in [5, 5.41) is 8.78. The highest BCUT2D eigenvalue weighted by Crippen LogP contribution is 2.42. The maximum atomic E-state index is 5.33. The number of rotatable bonds is 7. The molecule has 0 aliphatic heterocycles. The molecule has 2 heterocycles. The standard InChI is InChI=1S/C51H34N4/c1-5-15-35(16-6-1)36-25-31-41(32-26-36)51-52-46(38-17-7-2-8-18-38)34-47(53-51)39-29-27-37(28-30-39)45-33-42-21-13-14-24-44(42)50-48(45)49(40-19-9-3-10-20-40)54-55(50)43-22-11-4-12-23-43/h1-34H. The minimum absolute atomic E-state index is 0.692. The van der Waals surface area contributed by atoms with Crippen molar-refractivity contribution in [1.82, 2.24) is 19.7 Å². The molecule has 0 unspecified atom stereocenters. The van der Waals surface area contributed by atoms with Gasteiger partial charge >= 0.3 is 0 Å². The van der Waals surface area contributed by atoms with Crippen LogP contribution in [0.4, 0.5) is 0 Å². The molecule has 8 aromatic carbocycles. The van der Waals surface area contributed by atoms with Gasteiger partial charge in [-0.05, 0) is 51.9 Å². The van der Waals surface area contributed by atoms with Crippen LogP contribution in [0.25, 0.3) is 94.8 Å². The van der Waals surface area contributed by atoms with Crippen molar-refractivity contribution in [1.29, 1.82) is 0 Å². The van der Waals surface area contributed by atoms with E-state index in [1.54, 1.807) is 0 Å². The predicted molar refractivity (Wildman–Crippen MR) is 227 cm³/mol. The minimum atomic E-state index is 0.692. The average Bonchev–Trinajstić information content (AvgIpc) is 3.69. The molecule has 0 saturated carbocycles. The molecule has 0 aliphatic rings. The van der Waals surface area contributed by atoms with E-state index in [4.69, 9.17) is 15.1 Å². The summed E-state index contributed by atoms with van der Waals surface area (Å²) in [6, 6.07) is 72.0. The van der Waals surface area contributed by atoms with Crippen molar-refractivity contribution in [2.45, 2.75) is 0 Å². The quantitative estimate of drug-likeness (QED) is 0.166. The summed E-state index contributed by atoms with van der Waals surface area (Å²) in [5.41, 5.74) is 13.5. The summed E-state index contributed by atoms with van der Waals surface area (Å²) in [5.74, 6) is 0.692. The smallest absolute Gasteiger partial charge is 0.160 e. The largest absolute Gasteiger partial charge is 0.232 e. The van der Waals surface area contributed by atoms with Gasteiger partial charge in [-0.15, -0.1) is 0 Å². The van der Waals surface area contributed by atoms with Crippen molar-refractivity contribution >= 4 is 21.7 Å². The van der Waals surface area contributed by atoms with Gasteiger partial charge in [-0.2, -0.15) is 5.10 Å². The van der Waals surface area contributed by atoms with E-state index in [1.165, 1.54) is 5.56 Å². The molecule has 4 heteroatoms. The lowest BCUT2D eigenvalue weighted by Crippen LogP contribution is -1.97. The maximum Gasteiger partial charge on any atom is 0.160 e. The van der Waals surface area contributed by atoms with Gasteiger partial charge in [0, 0.05) is 33.0 Å². The number of hydrogen-bond donors (Lipinski definition) is 0. The molecular weight excluding hydrogens is 669 g/mol. The third kappa shape index (κ3) is 6.06. The molecule has 0 aliphatic carbocycles. The first-order valence-electron chi connectivity index (χ1n) is 18.5. The number of benzene rings is 8. The Morgan fingerprint density at radius 2 is 0.836 bits per heavy atom. The van der Waals surface area contributed by atoms with Crippen LogP contribution in [0, 0.1) is 0 Å². The van der Waals surface area contributed by atoms with Gasteiger partial charge in [0.15, 0.2) is 5.82 Å². The van der Waals surface area contributed by atoms with Crippen LogP contribution in [0.2, 0.25) is 0 Å². The second-order valence-corrected chi connectivity index (χ2v) is 13.7. The SMILES string of the molecule is c1ccc(-c2ccc(-c3nc(-c4ccccc4)cc(-c4ccc(-c5cc6ccccc6c6c5c(-c5ccccc5)nn6-c5ccccc5)cc4)n3)cc2)cc1. The third-order valence-corrected chi connectivity index (χ3v) is 10.3. The molecule has 0 spiro atoms. The van der Waals surface area contributed by atoms with Crippen molar-refractivity contribution in [2.75, 3.05) is 0 Å². The van der Waals surface area contributed by atoms with E-state index in [0.717, 1.165) is 83.4 Å². The van der Waals surface area contributed by atoms with Gasteiger partial charge in [-0.1, -0.05) is 182 Å². The van der Waals surface area contributed by atoms with Gasteiger partial charge in [0.2, 0.25) is 0 Å². The van der Waals surface area contributed by atoms with Gasteiger partial charge in [0.05, 0.1) is 22.6 Å². The van der Waals surface area contributed by atoms with E-state index in [0.29, 0.717) is 5.82 Å². The Bertz CT molecular complexity index is 2920. The van der Waals surface area contributed by atoms with Gasteiger partial charge < -0.3 is 0 Å². The molecule has 10 rings (SSSR count). The average molecular weight is 703 g/mol. The van der Waals surface area contributed by atoms with Crippen molar-refractivity contribution < 1.29 is 0 Å². The Morgan fingerprint density at radius 3 is 1.49 bits per heavy atom. The van der Waals surface area contributed by atoms with E-state index in [1.807, 2.05) is 30.3 Å². The molecule has 0 fully saturated rings. The van der Waals surface area contributed by atoms with Gasteiger partial charge in [0.1, 0.15) is 5.69 Å². The van der Waals surface area contributed by atoms with E-state index in [-0.39, 0.29) is 0 Å². The van der Waals surface area contributed by atoms with Crippen molar-refractivity contribution in [3.05, 3.63) is 206 Å². The fourth-order valence-electron chi connectivity index (χ4n) is 7.51. The van der Waals surface area contributed by atoms with Crippen LogP contribution in [0.1, 0.15) is 0 Å². The van der Waals surface area contributed by atoms with Crippen LogP contribution in [0.15, 0.2) is 206 Å². The topological polar surface area (TPSA) is 43.6 Å². The van der Waals surface area contributed by atoms with Crippen LogP contribution in [-0.2, 0) is 0 Å². The van der Waals surface area contributed by atoms with Crippen LogP contribution >= 0.6 is 0 Å². The van der Waals surface area contributed by atoms with E-state index in [9.17, 15) is 0 Å². The third-order valence-electron chi connectivity index (χ3n) is 10.3. The lowest BCUT2D eigenvalue weighted by molar-refractivity contribution is 0.918. The molecule has 4 nitrogen and oxygen atoms in total. The predicted octanol–water partition coefficient (Wildman–Crippen LogP) is 13.0. The molecule has 0 amide bonds. The number of aromatic nitrogens is 4. The normalized spacial score (nSPS) is 11.3. The Balaban J connectivity index is 1.12. The molecule has 258 valence electrons. The first kappa shape index (κ1) is 32.2. The summed E-state index contributed by atoms with van der Waals surface area (Å²) in [7, 11) is 0. The minimum Gasteiger partial charge on any atom is -0.232 e. The summed E-state index contributed by atoms with van der Waals surface area (Å²) in [4.78, 5) is 10.2. The molecule has 0 bridgehead atoms. The highest BCUT2D eigenvalue weighted by atomic mass is 15.3. The monoisotopic (exact) mass is 702 g/mol. The van der Waals surface area contributed by atoms with Gasteiger partial charge in [-0.3, -0.25) is 0 Å². The molecule has 0 saturated heterocycles. The Labute approximate surface area is 319 Å². The second kappa shape index (κ2) is 13.8. The number of para-hydroxylation sites is 1. The fourth-order valence-corrected chi connectivity index (χ4v) is 7.51. The van der Waals surface area contributed by atoms with E-state index >= 15 is 0 Å². The highest BCUT2D eigenvalue weighted by molar-refractivity contribution is 6.17. The number of fused-ring (bicyclic) bond motifs is 3. The van der Waals surface area contributed by atoms with Crippen LogP contribution < -0.4 is 0 Å². The molecular formula is C51H34N4. The molecule has 0 atom stereocenters. The molecule has 0 radical (unpaired) electrons. The van der Waals surface area contributed by atoms with Crippen LogP contribution in [0.5, 0.6) is 0 Å². The zero-order chi connectivity index (χ0) is 36.6. The van der Waals surface area contributed by atoms with Crippen molar-refractivity contribution in [3.63, 3.8) is 0 Å². The molecule has 2 aromatic heterocycles. The summed E-state index contributed by atoms with van der Waals surface area (Å²) in [6.07, 6.45) is 0. The van der Waals surface area contributed by atoms with Crippen molar-refractivity contribution in [3.8, 4) is 73.1 Å². The van der Waals surface area contributed by atoms with Crippen molar-refractivity contribution in [2.24, 2.45) is 0 Å². The number of hydrogen-bond acceptors (Lipinski definition) is 3. The lowest BCUT2D eigenvalue weighted by Gasteiger charge is -2.12. The molecule has 55 heavy (non-hydrogen) atoms. The lowest BCUT2D eigenvalue weighted by atomic mass is 9.93. The van der Waals surface area contributed by atoms with E-state index in [2.05, 4.69) is 181 Å². The molecule has 10 aromatic rings. The van der Waals surface area contributed by atoms with Crippen LogP contribution in [-0.4, -0.2) is 19.7 Å². The van der Waals surface area contributed by atoms with E-state index < -0.39 is 0 Å².